The van der Waals surface area contributed by atoms with Crippen molar-refractivity contribution in [3.63, 3.8) is 0 Å². The highest BCUT2D eigenvalue weighted by atomic mass is 35.5. The van der Waals surface area contributed by atoms with Crippen molar-refractivity contribution in [1.82, 2.24) is 10.4 Å². The number of amides is 1. The fourth-order valence-electron chi connectivity index (χ4n) is 2.09. The topological polar surface area (TPSA) is 74.3 Å². The van der Waals surface area contributed by atoms with E-state index in [-0.39, 0.29) is 11.5 Å². The summed E-state index contributed by atoms with van der Waals surface area (Å²) >= 11 is 5.77. The third-order valence-electron chi connectivity index (χ3n) is 3.26. The first kappa shape index (κ1) is 15.0. The monoisotopic (exact) mass is 325 g/mol. The molecule has 0 spiro atoms. The van der Waals surface area contributed by atoms with E-state index >= 15 is 0 Å². The van der Waals surface area contributed by atoms with Crippen LogP contribution in [0.3, 0.4) is 0 Å². The van der Waals surface area contributed by atoms with Gasteiger partial charge in [-0.2, -0.15) is 5.10 Å². The Morgan fingerprint density at radius 1 is 1.13 bits per heavy atom. The van der Waals surface area contributed by atoms with Gasteiger partial charge < -0.3 is 4.98 Å². The first-order valence-corrected chi connectivity index (χ1v) is 7.22. The number of halogens is 1. The minimum atomic E-state index is -0.380. The van der Waals surface area contributed by atoms with Gasteiger partial charge in [-0.15, -0.1) is 0 Å². The Labute approximate surface area is 136 Å². The number of pyridine rings is 1. The molecular formula is C17H12ClN3O2. The number of carbonyl (C=O) groups excluding carboxylic acids is 1. The zero-order chi connectivity index (χ0) is 16.2. The van der Waals surface area contributed by atoms with Crippen LogP contribution < -0.4 is 11.0 Å². The first-order valence-electron chi connectivity index (χ1n) is 6.84. The Kier molecular flexibility index (Phi) is 4.21. The van der Waals surface area contributed by atoms with Gasteiger partial charge in [-0.05, 0) is 41.8 Å². The number of nitrogens with zero attached hydrogens (tertiary/aromatic N) is 1. The molecule has 1 amide bonds. The smallest absolute Gasteiger partial charge is 0.271 e. The molecule has 3 rings (SSSR count). The van der Waals surface area contributed by atoms with Crippen LogP contribution in [0.5, 0.6) is 0 Å². The molecule has 0 aliphatic carbocycles. The number of hydrazone groups is 1. The molecular weight excluding hydrogens is 314 g/mol. The lowest BCUT2D eigenvalue weighted by atomic mass is 10.2. The fourth-order valence-corrected chi connectivity index (χ4v) is 2.21. The van der Waals surface area contributed by atoms with Gasteiger partial charge in [0.15, 0.2) is 0 Å². The number of hydrogen-bond donors (Lipinski definition) is 2. The number of aromatic nitrogens is 1. The Hall–Kier alpha value is -2.92. The second-order valence-electron chi connectivity index (χ2n) is 4.85. The molecule has 6 heteroatoms. The molecule has 1 heterocycles. The first-order chi connectivity index (χ1) is 11.1. The van der Waals surface area contributed by atoms with Crippen LogP contribution >= 0.6 is 11.6 Å². The van der Waals surface area contributed by atoms with Crippen LogP contribution in [-0.2, 0) is 0 Å². The van der Waals surface area contributed by atoms with Gasteiger partial charge >= 0.3 is 0 Å². The predicted octanol–water partition coefficient (Wildman–Crippen LogP) is 2.95. The largest absolute Gasteiger partial charge is 0.321 e. The maximum absolute atomic E-state index is 11.9. The van der Waals surface area contributed by atoms with Crippen molar-refractivity contribution in [3.8, 4) is 0 Å². The number of para-hydroxylation sites is 1. The lowest BCUT2D eigenvalue weighted by molar-refractivity contribution is 0.0955. The molecule has 0 radical (unpaired) electrons. The van der Waals surface area contributed by atoms with Gasteiger partial charge in [-0.25, -0.2) is 5.43 Å². The van der Waals surface area contributed by atoms with Gasteiger partial charge in [0.05, 0.1) is 11.8 Å². The average molecular weight is 326 g/mol. The molecule has 2 aromatic carbocycles. The van der Waals surface area contributed by atoms with Crippen molar-refractivity contribution in [2.45, 2.75) is 0 Å². The van der Waals surface area contributed by atoms with Crippen LogP contribution in [0.15, 0.2) is 64.5 Å². The van der Waals surface area contributed by atoms with Crippen molar-refractivity contribution in [2.24, 2.45) is 5.10 Å². The van der Waals surface area contributed by atoms with Gasteiger partial charge in [0.1, 0.15) is 0 Å². The average Bonchev–Trinajstić information content (AvgIpc) is 2.56. The van der Waals surface area contributed by atoms with E-state index in [1.54, 1.807) is 30.3 Å². The highest BCUT2D eigenvalue weighted by molar-refractivity contribution is 6.30. The number of aromatic amines is 1. The molecule has 0 saturated heterocycles. The number of rotatable bonds is 3. The number of benzene rings is 2. The Morgan fingerprint density at radius 2 is 1.87 bits per heavy atom. The lowest BCUT2D eigenvalue weighted by Gasteiger charge is -2.00. The third kappa shape index (κ3) is 3.46. The highest BCUT2D eigenvalue weighted by Gasteiger charge is 2.04. The lowest BCUT2D eigenvalue weighted by Crippen LogP contribution is -2.19. The second kappa shape index (κ2) is 6.46. The molecule has 0 aliphatic heterocycles. The number of hydrogen-bond acceptors (Lipinski definition) is 3. The molecule has 0 aliphatic rings. The van der Waals surface area contributed by atoms with Crippen molar-refractivity contribution in [2.75, 3.05) is 0 Å². The second-order valence-corrected chi connectivity index (χ2v) is 5.28. The SMILES string of the molecule is O=C(N/N=C\c1cc2ccccc2[nH]c1=O)c1ccc(Cl)cc1. The summed E-state index contributed by atoms with van der Waals surface area (Å²) in [6, 6.07) is 15.6. The van der Waals surface area contributed by atoms with Gasteiger partial charge in [-0.1, -0.05) is 29.8 Å². The van der Waals surface area contributed by atoms with E-state index in [2.05, 4.69) is 15.5 Å². The normalized spacial score (nSPS) is 11.0. The number of carbonyl (C=O) groups is 1. The van der Waals surface area contributed by atoms with Crippen LogP contribution in [0.25, 0.3) is 10.9 Å². The number of fused-ring (bicyclic) bond motifs is 1. The summed E-state index contributed by atoms with van der Waals surface area (Å²) in [6.45, 7) is 0. The van der Waals surface area contributed by atoms with E-state index < -0.39 is 0 Å². The number of nitrogens with one attached hydrogen (secondary N) is 2. The van der Waals surface area contributed by atoms with E-state index in [0.29, 0.717) is 16.1 Å². The van der Waals surface area contributed by atoms with Crippen LogP contribution in [-0.4, -0.2) is 17.1 Å². The predicted molar refractivity (Wildman–Crippen MR) is 91.1 cm³/mol. The minimum absolute atomic E-state index is 0.270. The van der Waals surface area contributed by atoms with Crippen molar-refractivity contribution in [1.29, 1.82) is 0 Å². The van der Waals surface area contributed by atoms with E-state index in [0.717, 1.165) is 10.9 Å². The maximum atomic E-state index is 11.9. The number of H-pyrrole nitrogens is 1. The van der Waals surface area contributed by atoms with Gasteiger partial charge in [-0.3, -0.25) is 9.59 Å². The van der Waals surface area contributed by atoms with Crippen LogP contribution in [0.2, 0.25) is 5.02 Å². The Bertz CT molecular complexity index is 946. The standard InChI is InChI=1S/C17H12ClN3O2/c18-14-7-5-11(6-8-14)17(23)21-19-10-13-9-12-3-1-2-4-15(12)20-16(13)22/h1-10H,(H,20,22)(H,21,23)/b19-10-. The van der Waals surface area contributed by atoms with Crippen molar-refractivity contribution in [3.05, 3.63) is 81.1 Å². The van der Waals surface area contributed by atoms with Gasteiger partial charge in [0, 0.05) is 16.1 Å². The summed E-state index contributed by atoms with van der Waals surface area (Å²) in [5.74, 6) is -0.380. The Balaban J connectivity index is 1.77. The quantitative estimate of drug-likeness (QED) is 0.574. The molecule has 5 nitrogen and oxygen atoms in total. The molecule has 0 bridgehead atoms. The molecule has 3 aromatic rings. The molecule has 1 aromatic heterocycles. The molecule has 114 valence electrons. The van der Waals surface area contributed by atoms with Gasteiger partial charge in [0.2, 0.25) is 0 Å². The van der Waals surface area contributed by atoms with E-state index in [4.69, 9.17) is 11.6 Å². The van der Waals surface area contributed by atoms with Gasteiger partial charge in [0.25, 0.3) is 11.5 Å². The fraction of sp³-hybridized carbons (Fsp3) is 0. The molecule has 23 heavy (non-hydrogen) atoms. The van der Waals surface area contributed by atoms with Crippen molar-refractivity contribution >= 4 is 34.6 Å². The van der Waals surface area contributed by atoms with E-state index in [9.17, 15) is 9.59 Å². The summed E-state index contributed by atoms with van der Waals surface area (Å²) in [7, 11) is 0. The van der Waals surface area contributed by atoms with Crippen LogP contribution in [0, 0.1) is 0 Å². The summed E-state index contributed by atoms with van der Waals surface area (Å²) in [5, 5.41) is 5.27. The molecule has 2 N–H and O–H groups in total. The van der Waals surface area contributed by atoms with Crippen LogP contribution in [0.4, 0.5) is 0 Å². The van der Waals surface area contributed by atoms with Crippen molar-refractivity contribution < 1.29 is 4.79 Å². The minimum Gasteiger partial charge on any atom is -0.321 e. The summed E-state index contributed by atoms with van der Waals surface area (Å²) < 4.78 is 0. The summed E-state index contributed by atoms with van der Waals surface area (Å²) in [4.78, 5) is 26.6. The van der Waals surface area contributed by atoms with Crippen LogP contribution in [0.1, 0.15) is 15.9 Å². The molecule has 0 atom stereocenters. The summed E-state index contributed by atoms with van der Waals surface area (Å²) in [6.07, 6.45) is 1.32. The zero-order valence-corrected chi connectivity index (χ0v) is 12.7. The third-order valence-corrected chi connectivity index (χ3v) is 3.51. The Morgan fingerprint density at radius 3 is 2.65 bits per heavy atom. The van der Waals surface area contributed by atoms with E-state index in [1.165, 1.54) is 6.21 Å². The molecule has 0 saturated carbocycles. The summed E-state index contributed by atoms with van der Waals surface area (Å²) in [5.41, 5.74) is 3.65. The highest BCUT2D eigenvalue weighted by Crippen LogP contribution is 2.10. The van der Waals surface area contributed by atoms with E-state index in [1.807, 2.05) is 24.3 Å². The maximum Gasteiger partial charge on any atom is 0.271 e. The molecule has 0 unspecified atom stereocenters. The zero-order valence-electron chi connectivity index (χ0n) is 11.9. The molecule has 0 fully saturated rings.